The molecule has 0 radical (unpaired) electrons. The zero-order valence-electron chi connectivity index (χ0n) is 13.0. The second-order valence-corrected chi connectivity index (χ2v) is 5.26. The maximum atomic E-state index is 6.17. The quantitative estimate of drug-likeness (QED) is 0.668. The molecule has 1 aromatic rings. The molecule has 1 aromatic carbocycles. The van der Waals surface area contributed by atoms with Gasteiger partial charge in [-0.25, -0.2) is 4.99 Å². The van der Waals surface area contributed by atoms with Gasteiger partial charge in [0, 0.05) is 18.1 Å². The number of methoxy groups -OCH3 is 3. The summed E-state index contributed by atoms with van der Waals surface area (Å²) in [5, 5.41) is 0. The van der Waals surface area contributed by atoms with Crippen molar-refractivity contribution in [3.8, 4) is 17.2 Å². The van der Waals surface area contributed by atoms with Crippen LogP contribution in [0.2, 0.25) is 0 Å². The van der Waals surface area contributed by atoms with Gasteiger partial charge in [0.05, 0.1) is 27.0 Å². The van der Waals surface area contributed by atoms with E-state index in [2.05, 4.69) is 4.99 Å². The Morgan fingerprint density at radius 3 is 2.05 bits per heavy atom. The van der Waals surface area contributed by atoms with Crippen molar-refractivity contribution in [1.29, 1.82) is 0 Å². The minimum Gasteiger partial charge on any atom is -0.493 e. The fraction of sp³-hybridized carbons (Fsp3) is 0.562. The number of nitrogens with two attached hydrogens (primary N) is 1. The molecule has 0 amide bonds. The summed E-state index contributed by atoms with van der Waals surface area (Å²) in [5.74, 6) is 2.83. The summed E-state index contributed by atoms with van der Waals surface area (Å²) in [4.78, 5) is 4.55. The van der Waals surface area contributed by atoms with Crippen LogP contribution in [0, 0.1) is 5.92 Å². The maximum Gasteiger partial charge on any atom is 0.203 e. The molecule has 1 fully saturated rings. The van der Waals surface area contributed by atoms with E-state index >= 15 is 0 Å². The van der Waals surface area contributed by atoms with Crippen LogP contribution in [0.15, 0.2) is 17.1 Å². The Morgan fingerprint density at radius 2 is 1.57 bits per heavy atom. The van der Waals surface area contributed by atoms with E-state index in [-0.39, 0.29) is 0 Å². The molecule has 2 rings (SSSR count). The molecular formula is C16H24N2O3. The second-order valence-electron chi connectivity index (χ2n) is 5.26. The van der Waals surface area contributed by atoms with Gasteiger partial charge in [-0.3, -0.25) is 0 Å². The third-order valence-corrected chi connectivity index (χ3v) is 3.93. The molecule has 1 aliphatic rings. The van der Waals surface area contributed by atoms with Crippen LogP contribution in [0.5, 0.6) is 17.2 Å². The summed E-state index contributed by atoms with van der Waals surface area (Å²) in [6.07, 6.45) is 6.01. The highest BCUT2D eigenvalue weighted by Crippen LogP contribution is 2.41. The molecule has 1 aliphatic carbocycles. The van der Waals surface area contributed by atoms with Crippen molar-refractivity contribution in [2.45, 2.75) is 32.1 Å². The second kappa shape index (κ2) is 7.20. The number of rotatable bonds is 5. The molecule has 0 spiro atoms. The van der Waals surface area contributed by atoms with E-state index in [4.69, 9.17) is 19.9 Å². The highest BCUT2D eigenvalue weighted by Gasteiger charge is 2.18. The standard InChI is InChI=1S/C16H24N2O3/c1-19-13-9-12(10-14(20-2)15(13)21-3)18-16(17)11-7-5-4-6-8-11/h9-11H,4-8H2,1-3H3,(H2,17,18). The highest BCUT2D eigenvalue weighted by molar-refractivity contribution is 5.86. The molecule has 0 unspecified atom stereocenters. The van der Waals surface area contributed by atoms with E-state index in [0.717, 1.165) is 18.5 Å². The Bertz CT molecular complexity index is 483. The molecule has 2 N–H and O–H groups in total. The van der Waals surface area contributed by atoms with Gasteiger partial charge in [0.15, 0.2) is 11.5 Å². The van der Waals surface area contributed by atoms with Gasteiger partial charge in [0.1, 0.15) is 5.84 Å². The zero-order valence-corrected chi connectivity index (χ0v) is 13.0. The van der Waals surface area contributed by atoms with Crippen molar-refractivity contribution in [2.24, 2.45) is 16.6 Å². The van der Waals surface area contributed by atoms with Gasteiger partial charge in [-0.05, 0) is 12.8 Å². The first-order chi connectivity index (χ1) is 10.2. The van der Waals surface area contributed by atoms with Crippen LogP contribution < -0.4 is 19.9 Å². The van der Waals surface area contributed by atoms with Gasteiger partial charge < -0.3 is 19.9 Å². The lowest BCUT2D eigenvalue weighted by Gasteiger charge is -2.21. The predicted molar refractivity (Wildman–Crippen MR) is 84.0 cm³/mol. The summed E-state index contributed by atoms with van der Waals surface area (Å²) < 4.78 is 16.0. The molecular weight excluding hydrogens is 268 g/mol. The van der Waals surface area contributed by atoms with Crippen LogP contribution in [0.4, 0.5) is 5.69 Å². The minimum absolute atomic E-state index is 0.387. The van der Waals surface area contributed by atoms with Gasteiger partial charge >= 0.3 is 0 Å². The fourth-order valence-electron chi connectivity index (χ4n) is 2.77. The molecule has 0 aliphatic heterocycles. The van der Waals surface area contributed by atoms with Crippen molar-refractivity contribution in [2.75, 3.05) is 21.3 Å². The van der Waals surface area contributed by atoms with E-state index in [1.807, 2.05) is 12.1 Å². The fourth-order valence-corrected chi connectivity index (χ4v) is 2.77. The van der Waals surface area contributed by atoms with Crippen LogP contribution in [-0.2, 0) is 0 Å². The van der Waals surface area contributed by atoms with E-state index in [1.54, 1.807) is 21.3 Å². The summed E-state index contributed by atoms with van der Waals surface area (Å²) in [6, 6.07) is 3.63. The topological polar surface area (TPSA) is 66.1 Å². The Balaban J connectivity index is 2.30. The number of hydrogen-bond acceptors (Lipinski definition) is 4. The lowest BCUT2D eigenvalue weighted by Crippen LogP contribution is -2.25. The molecule has 116 valence electrons. The Labute approximate surface area is 126 Å². The third kappa shape index (κ3) is 3.60. The van der Waals surface area contributed by atoms with Crippen molar-refractivity contribution in [1.82, 2.24) is 0 Å². The van der Waals surface area contributed by atoms with E-state index in [9.17, 15) is 0 Å². The largest absolute Gasteiger partial charge is 0.493 e. The number of benzene rings is 1. The molecule has 0 aromatic heterocycles. The Hall–Kier alpha value is -1.91. The SMILES string of the molecule is COc1cc(N=C(N)C2CCCCC2)cc(OC)c1OC. The average Bonchev–Trinajstić information content (AvgIpc) is 2.54. The molecule has 0 saturated heterocycles. The molecule has 0 heterocycles. The lowest BCUT2D eigenvalue weighted by molar-refractivity contribution is 0.324. The number of aliphatic imine (C=N–C) groups is 1. The smallest absolute Gasteiger partial charge is 0.203 e. The van der Waals surface area contributed by atoms with Gasteiger partial charge in [0.2, 0.25) is 5.75 Å². The molecule has 1 saturated carbocycles. The maximum absolute atomic E-state index is 6.17. The van der Waals surface area contributed by atoms with Crippen molar-refractivity contribution >= 4 is 11.5 Å². The first kappa shape index (κ1) is 15.5. The Kier molecular flexibility index (Phi) is 5.31. The van der Waals surface area contributed by atoms with Gasteiger partial charge in [-0.2, -0.15) is 0 Å². The Morgan fingerprint density at radius 1 is 1.00 bits per heavy atom. The molecule has 0 bridgehead atoms. The summed E-state index contributed by atoms with van der Waals surface area (Å²) in [7, 11) is 4.77. The first-order valence-electron chi connectivity index (χ1n) is 7.33. The molecule has 5 heteroatoms. The van der Waals surface area contributed by atoms with Crippen LogP contribution in [-0.4, -0.2) is 27.2 Å². The van der Waals surface area contributed by atoms with Gasteiger partial charge in [-0.15, -0.1) is 0 Å². The number of amidine groups is 1. The van der Waals surface area contributed by atoms with Crippen molar-refractivity contribution < 1.29 is 14.2 Å². The summed E-state index contributed by atoms with van der Waals surface area (Å²) >= 11 is 0. The van der Waals surface area contributed by atoms with Crippen LogP contribution in [0.1, 0.15) is 32.1 Å². The van der Waals surface area contributed by atoms with Gasteiger partial charge in [0.25, 0.3) is 0 Å². The summed E-state index contributed by atoms with van der Waals surface area (Å²) in [5.41, 5.74) is 6.90. The van der Waals surface area contributed by atoms with Crippen molar-refractivity contribution in [3.63, 3.8) is 0 Å². The van der Waals surface area contributed by atoms with Crippen molar-refractivity contribution in [3.05, 3.63) is 12.1 Å². The molecule has 21 heavy (non-hydrogen) atoms. The average molecular weight is 292 g/mol. The van der Waals surface area contributed by atoms with Crippen LogP contribution in [0.3, 0.4) is 0 Å². The minimum atomic E-state index is 0.387. The first-order valence-corrected chi connectivity index (χ1v) is 7.33. The zero-order chi connectivity index (χ0) is 15.2. The predicted octanol–water partition coefficient (Wildman–Crippen LogP) is 3.28. The number of nitrogens with zero attached hydrogens (tertiary/aromatic N) is 1. The van der Waals surface area contributed by atoms with Crippen LogP contribution in [0.25, 0.3) is 0 Å². The van der Waals surface area contributed by atoms with E-state index in [1.165, 1.54) is 19.3 Å². The highest BCUT2D eigenvalue weighted by atomic mass is 16.5. The van der Waals surface area contributed by atoms with E-state index in [0.29, 0.717) is 29.0 Å². The molecule has 0 atom stereocenters. The number of ether oxygens (including phenoxy) is 3. The summed E-state index contributed by atoms with van der Waals surface area (Å²) in [6.45, 7) is 0. The lowest BCUT2D eigenvalue weighted by atomic mass is 9.88. The monoisotopic (exact) mass is 292 g/mol. The normalized spacial score (nSPS) is 16.6. The molecule has 5 nitrogen and oxygen atoms in total. The number of hydrogen-bond donors (Lipinski definition) is 1. The van der Waals surface area contributed by atoms with Gasteiger partial charge in [-0.1, -0.05) is 19.3 Å². The third-order valence-electron chi connectivity index (χ3n) is 3.93. The van der Waals surface area contributed by atoms with Crippen LogP contribution >= 0.6 is 0 Å². The van der Waals surface area contributed by atoms with E-state index < -0.39 is 0 Å².